The second kappa shape index (κ2) is 10.7. The number of carbonyl (C=O) groups is 1. The summed E-state index contributed by atoms with van der Waals surface area (Å²) in [5, 5.41) is 7.00. The molecule has 3 aromatic rings. The first-order chi connectivity index (χ1) is 16.3. The second-order valence-electron chi connectivity index (χ2n) is 10.0. The number of benzene rings is 2. The number of rotatable bonds is 7. The maximum atomic E-state index is 12.0. The van der Waals surface area contributed by atoms with E-state index < -0.39 is 9.04 Å². The summed E-state index contributed by atoms with van der Waals surface area (Å²) in [5.41, 5.74) is 2.00. The molecule has 0 aliphatic heterocycles. The average Bonchev–Trinajstić information content (AvgIpc) is 3.34. The van der Waals surface area contributed by atoms with Gasteiger partial charge in [-0.05, 0) is 54.0 Å². The van der Waals surface area contributed by atoms with Gasteiger partial charge >= 0.3 is 5.97 Å². The summed E-state index contributed by atoms with van der Waals surface area (Å²) in [6, 6.07) is 20.0. The van der Waals surface area contributed by atoms with Crippen molar-refractivity contribution in [3.8, 4) is 0 Å². The molecule has 1 aromatic heterocycles. The van der Waals surface area contributed by atoms with Crippen molar-refractivity contribution >= 4 is 25.4 Å². The highest BCUT2D eigenvalue weighted by Crippen LogP contribution is 2.30. The molecule has 2 aromatic carbocycles. The summed E-state index contributed by atoms with van der Waals surface area (Å²) in [6.07, 6.45) is 7.61. The van der Waals surface area contributed by atoms with Crippen LogP contribution in [-0.2, 0) is 14.6 Å². The fourth-order valence-corrected chi connectivity index (χ4v) is 6.60. The smallest absolute Gasteiger partial charge is 0.341 e. The van der Waals surface area contributed by atoms with E-state index in [1.54, 1.807) is 6.20 Å². The molecule has 1 radical (unpaired) electrons. The van der Waals surface area contributed by atoms with E-state index in [0.717, 1.165) is 25.7 Å². The zero-order valence-corrected chi connectivity index (χ0v) is 21.7. The minimum atomic E-state index is -1.34. The Morgan fingerprint density at radius 1 is 1.00 bits per heavy atom. The molecule has 1 aliphatic rings. The number of hydrogen-bond acceptors (Lipinski definition) is 4. The van der Waals surface area contributed by atoms with Crippen LogP contribution in [0.1, 0.15) is 75.3 Å². The van der Waals surface area contributed by atoms with E-state index >= 15 is 0 Å². The molecule has 0 N–H and O–H groups in total. The van der Waals surface area contributed by atoms with Crippen LogP contribution in [0.3, 0.4) is 0 Å². The predicted octanol–water partition coefficient (Wildman–Crippen LogP) is 4.66. The van der Waals surface area contributed by atoms with Gasteiger partial charge in [0.25, 0.3) is 9.04 Å². The van der Waals surface area contributed by atoms with Crippen molar-refractivity contribution in [3.63, 3.8) is 0 Å². The quantitative estimate of drug-likeness (QED) is 0.368. The van der Waals surface area contributed by atoms with Crippen LogP contribution < -0.4 is 10.4 Å². The summed E-state index contributed by atoms with van der Waals surface area (Å²) in [5.74, 6) is -0.307. The van der Waals surface area contributed by atoms with Crippen LogP contribution in [0, 0.1) is 0 Å². The molecular weight excluding hydrogens is 440 g/mol. The Morgan fingerprint density at radius 3 is 2.26 bits per heavy atom. The number of carbonyl (C=O) groups excluding carboxylic acids is 1. The summed E-state index contributed by atoms with van der Waals surface area (Å²) >= 11 is 0. The number of esters is 1. The van der Waals surface area contributed by atoms with Crippen LogP contribution in [-0.4, -0.2) is 37.5 Å². The molecule has 6 heteroatoms. The van der Waals surface area contributed by atoms with Gasteiger partial charge in [0, 0.05) is 12.3 Å². The maximum Gasteiger partial charge on any atom is 0.341 e. The first-order valence-corrected chi connectivity index (χ1v) is 13.7. The van der Waals surface area contributed by atoms with Gasteiger partial charge in [-0.1, -0.05) is 75.4 Å². The van der Waals surface area contributed by atoms with Gasteiger partial charge in [-0.25, -0.2) is 4.79 Å². The minimum absolute atomic E-state index is 0.136. The summed E-state index contributed by atoms with van der Waals surface area (Å²) in [6.45, 7) is 8.92. The average molecular weight is 476 g/mol. The van der Waals surface area contributed by atoms with E-state index in [1.807, 2.05) is 17.8 Å². The Bertz CT molecular complexity index is 1070. The largest absolute Gasteiger partial charge is 0.462 e. The number of hydrogen-bond donors (Lipinski definition) is 0. The van der Waals surface area contributed by atoms with E-state index in [0.29, 0.717) is 18.2 Å². The molecule has 179 valence electrons. The number of ether oxygens (including phenoxy) is 1. The molecule has 1 heterocycles. The fraction of sp³-hybridized carbons (Fsp3) is 0.429. The highest BCUT2D eigenvalue weighted by atomic mass is 28.3. The monoisotopic (exact) mass is 475 g/mol. The summed E-state index contributed by atoms with van der Waals surface area (Å²) in [7, 11) is -1.34. The first kappa shape index (κ1) is 24.4. The van der Waals surface area contributed by atoms with Gasteiger partial charge in [0.1, 0.15) is 0 Å². The predicted molar refractivity (Wildman–Crippen MR) is 137 cm³/mol. The van der Waals surface area contributed by atoms with E-state index in [1.165, 1.54) is 15.9 Å². The SMILES string of the molecule is CCOC(=O)c1cnn(C2CCC(O[Si](c3ccccc3)c3ccc(C(C)(C)C)cc3)CC2)c1. The molecule has 0 spiro atoms. The molecule has 1 aliphatic carbocycles. The third-order valence-electron chi connectivity index (χ3n) is 6.46. The Hall–Kier alpha value is -2.70. The van der Waals surface area contributed by atoms with E-state index in [2.05, 4.69) is 80.5 Å². The normalized spacial score (nSPS) is 18.7. The lowest BCUT2D eigenvalue weighted by molar-refractivity contribution is 0.0526. The molecule has 0 saturated heterocycles. The number of aromatic nitrogens is 2. The van der Waals surface area contributed by atoms with Gasteiger partial charge in [-0.2, -0.15) is 5.10 Å². The Labute approximate surface area is 204 Å². The summed E-state index contributed by atoms with van der Waals surface area (Å²) in [4.78, 5) is 12.0. The molecule has 0 amide bonds. The summed E-state index contributed by atoms with van der Waals surface area (Å²) < 4.78 is 13.9. The minimum Gasteiger partial charge on any atom is -0.462 e. The molecule has 1 fully saturated rings. The molecule has 0 unspecified atom stereocenters. The van der Waals surface area contributed by atoms with Gasteiger partial charge in [-0.15, -0.1) is 0 Å². The molecule has 34 heavy (non-hydrogen) atoms. The standard InChI is InChI=1S/C28H35N2O3Si/c1-5-32-27(31)21-19-29-30(20-21)23-13-15-24(16-14-23)33-34(25-9-7-6-8-10-25)26-17-11-22(12-18-26)28(2,3)4/h6-12,17-20,23-24H,5,13-16H2,1-4H3. The maximum absolute atomic E-state index is 12.0. The lowest BCUT2D eigenvalue weighted by Crippen LogP contribution is -2.48. The van der Waals surface area contributed by atoms with E-state index in [9.17, 15) is 4.79 Å². The zero-order valence-electron chi connectivity index (χ0n) is 20.7. The lowest BCUT2D eigenvalue weighted by Gasteiger charge is -2.31. The number of nitrogens with zero attached hydrogens (tertiary/aromatic N) is 2. The Morgan fingerprint density at radius 2 is 1.65 bits per heavy atom. The van der Waals surface area contributed by atoms with Gasteiger partial charge < -0.3 is 9.16 Å². The fourth-order valence-electron chi connectivity index (χ4n) is 4.47. The van der Waals surface area contributed by atoms with Crippen molar-refractivity contribution < 1.29 is 14.0 Å². The first-order valence-electron chi connectivity index (χ1n) is 12.3. The van der Waals surface area contributed by atoms with Crippen LogP contribution in [0.5, 0.6) is 0 Å². The van der Waals surface area contributed by atoms with Gasteiger partial charge in [0.2, 0.25) is 0 Å². The van der Waals surface area contributed by atoms with Crippen molar-refractivity contribution in [2.45, 2.75) is 70.9 Å². The van der Waals surface area contributed by atoms with Crippen molar-refractivity contribution in [1.29, 1.82) is 0 Å². The highest BCUT2D eigenvalue weighted by Gasteiger charge is 2.29. The van der Waals surface area contributed by atoms with E-state index in [4.69, 9.17) is 9.16 Å². The third-order valence-corrected chi connectivity index (χ3v) is 8.75. The molecule has 1 saturated carbocycles. The Balaban J connectivity index is 1.44. The van der Waals surface area contributed by atoms with Crippen LogP contribution in [0.25, 0.3) is 0 Å². The molecular formula is C28H35N2O3Si. The zero-order chi connectivity index (χ0) is 24.1. The van der Waals surface area contributed by atoms with Crippen molar-refractivity contribution in [2.24, 2.45) is 0 Å². The van der Waals surface area contributed by atoms with Crippen LogP contribution in [0.4, 0.5) is 0 Å². The molecule has 0 atom stereocenters. The van der Waals surface area contributed by atoms with Gasteiger partial charge in [0.15, 0.2) is 0 Å². The lowest BCUT2D eigenvalue weighted by atomic mass is 9.87. The van der Waals surface area contributed by atoms with Crippen molar-refractivity contribution in [2.75, 3.05) is 6.61 Å². The van der Waals surface area contributed by atoms with Crippen LogP contribution in [0.2, 0.25) is 0 Å². The molecule has 4 rings (SSSR count). The Kier molecular flexibility index (Phi) is 7.69. The van der Waals surface area contributed by atoms with Gasteiger partial charge in [0.05, 0.1) is 24.4 Å². The van der Waals surface area contributed by atoms with Crippen molar-refractivity contribution in [1.82, 2.24) is 9.78 Å². The van der Waals surface area contributed by atoms with Crippen LogP contribution >= 0.6 is 0 Å². The topological polar surface area (TPSA) is 53.3 Å². The molecule has 0 bridgehead atoms. The molecule has 5 nitrogen and oxygen atoms in total. The van der Waals surface area contributed by atoms with E-state index in [-0.39, 0.29) is 17.5 Å². The van der Waals surface area contributed by atoms with Crippen LogP contribution in [0.15, 0.2) is 67.0 Å². The van der Waals surface area contributed by atoms with Gasteiger partial charge in [-0.3, -0.25) is 4.68 Å². The third kappa shape index (κ3) is 5.86. The second-order valence-corrected chi connectivity index (χ2v) is 12.0. The van der Waals surface area contributed by atoms with Crippen molar-refractivity contribution in [3.05, 3.63) is 78.1 Å². The highest BCUT2D eigenvalue weighted by molar-refractivity contribution is 6.80.